The summed E-state index contributed by atoms with van der Waals surface area (Å²) in [5.74, 6) is -1.58. The molecule has 0 aromatic rings. The van der Waals surface area contributed by atoms with Gasteiger partial charge in [0.05, 0.1) is 13.2 Å². The molecule has 0 radical (unpaired) electrons. The third kappa shape index (κ3) is 2.72. The molecule has 0 aromatic heterocycles. The lowest BCUT2D eigenvalue weighted by atomic mass is 9.46. The van der Waals surface area contributed by atoms with Crippen molar-refractivity contribution < 1.29 is 23.9 Å². The van der Waals surface area contributed by atoms with E-state index in [1.165, 1.54) is 0 Å². The smallest absolute Gasteiger partial charge is 0.320 e. The SMILES string of the molecule is CCOC(=O)C(C(=O)OCC)C1CC2(CC(C=O)C2)C1. The highest BCUT2D eigenvalue weighted by atomic mass is 16.6. The van der Waals surface area contributed by atoms with Crippen LogP contribution in [-0.4, -0.2) is 31.4 Å². The Labute approximate surface area is 119 Å². The van der Waals surface area contributed by atoms with Crippen molar-refractivity contribution in [3.8, 4) is 0 Å². The first kappa shape index (κ1) is 15.0. The lowest BCUT2D eigenvalue weighted by molar-refractivity contribution is -0.174. The lowest BCUT2D eigenvalue weighted by Crippen LogP contribution is -2.52. The van der Waals surface area contributed by atoms with Gasteiger partial charge in [-0.05, 0) is 50.9 Å². The first-order chi connectivity index (χ1) is 9.55. The van der Waals surface area contributed by atoms with Crippen LogP contribution in [0.25, 0.3) is 0 Å². The maximum atomic E-state index is 12.0. The first-order valence-electron chi connectivity index (χ1n) is 7.33. The van der Waals surface area contributed by atoms with E-state index in [2.05, 4.69) is 0 Å². The van der Waals surface area contributed by atoms with Gasteiger partial charge in [0, 0.05) is 5.92 Å². The fourth-order valence-corrected chi connectivity index (χ4v) is 3.72. The fourth-order valence-electron chi connectivity index (χ4n) is 3.72. The van der Waals surface area contributed by atoms with E-state index in [0.29, 0.717) is 0 Å². The summed E-state index contributed by atoms with van der Waals surface area (Å²) in [5, 5.41) is 0. The fraction of sp³-hybridized carbons (Fsp3) is 0.800. The predicted octanol–water partition coefficient (Wildman–Crippen LogP) is 1.73. The second-order valence-corrected chi connectivity index (χ2v) is 5.95. The molecule has 2 aliphatic carbocycles. The molecule has 0 amide bonds. The average molecular weight is 282 g/mol. The van der Waals surface area contributed by atoms with Crippen molar-refractivity contribution in [1.29, 1.82) is 0 Å². The molecule has 0 aromatic carbocycles. The normalized spacial score (nSPS) is 31.4. The van der Waals surface area contributed by atoms with Crippen LogP contribution in [0.3, 0.4) is 0 Å². The molecule has 112 valence electrons. The second kappa shape index (κ2) is 5.94. The Morgan fingerprint density at radius 1 is 1.10 bits per heavy atom. The molecule has 0 N–H and O–H groups in total. The summed E-state index contributed by atoms with van der Waals surface area (Å²) in [6.07, 6.45) is 4.43. The van der Waals surface area contributed by atoms with Crippen LogP contribution in [0.15, 0.2) is 0 Å². The van der Waals surface area contributed by atoms with Crippen LogP contribution in [-0.2, 0) is 23.9 Å². The third-order valence-electron chi connectivity index (χ3n) is 4.53. The maximum Gasteiger partial charge on any atom is 0.320 e. The minimum Gasteiger partial charge on any atom is -0.465 e. The van der Waals surface area contributed by atoms with Gasteiger partial charge >= 0.3 is 11.9 Å². The molecule has 20 heavy (non-hydrogen) atoms. The Bertz CT molecular complexity index is 371. The van der Waals surface area contributed by atoms with Crippen LogP contribution < -0.4 is 0 Å². The Hall–Kier alpha value is -1.39. The van der Waals surface area contributed by atoms with Crippen LogP contribution in [0, 0.1) is 23.2 Å². The summed E-state index contributed by atoms with van der Waals surface area (Å²) in [4.78, 5) is 34.6. The Morgan fingerprint density at radius 2 is 1.60 bits per heavy atom. The van der Waals surface area contributed by atoms with Crippen molar-refractivity contribution in [2.24, 2.45) is 23.2 Å². The molecule has 2 saturated carbocycles. The number of rotatable bonds is 6. The maximum absolute atomic E-state index is 12.0. The van der Waals surface area contributed by atoms with Gasteiger partial charge in [0.1, 0.15) is 6.29 Å². The van der Waals surface area contributed by atoms with E-state index >= 15 is 0 Å². The predicted molar refractivity (Wildman–Crippen MR) is 70.7 cm³/mol. The minimum atomic E-state index is -0.796. The van der Waals surface area contributed by atoms with Gasteiger partial charge in [-0.3, -0.25) is 9.59 Å². The molecular formula is C15H22O5. The molecule has 2 aliphatic rings. The van der Waals surface area contributed by atoms with Gasteiger partial charge in [0.25, 0.3) is 0 Å². The number of hydrogen-bond donors (Lipinski definition) is 0. The van der Waals surface area contributed by atoms with E-state index in [9.17, 15) is 14.4 Å². The molecule has 0 bridgehead atoms. The summed E-state index contributed by atoms with van der Waals surface area (Å²) in [7, 11) is 0. The van der Waals surface area contributed by atoms with Crippen molar-refractivity contribution in [2.45, 2.75) is 39.5 Å². The van der Waals surface area contributed by atoms with E-state index in [1.807, 2.05) is 0 Å². The molecular weight excluding hydrogens is 260 g/mol. The molecule has 1 spiro atoms. The molecule has 5 heteroatoms. The molecule has 0 heterocycles. The van der Waals surface area contributed by atoms with Gasteiger partial charge < -0.3 is 14.3 Å². The van der Waals surface area contributed by atoms with Gasteiger partial charge in [-0.25, -0.2) is 0 Å². The first-order valence-corrected chi connectivity index (χ1v) is 7.33. The zero-order chi connectivity index (χ0) is 14.8. The summed E-state index contributed by atoms with van der Waals surface area (Å²) < 4.78 is 9.99. The van der Waals surface area contributed by atoms with Crippen molar-refractivity contribution in [1.82, 2.24) is 0 Å². The van der Waals surface area contributed by atoms with Crippen molar-refractivity contribution in [3.05, 3.63) is 0 Å². The molecule has 2 rings (SSSR count). The van der Waals surface area contributed by atoms with E-state index in [-0.39, 0.29) is 30.5 Å². The highest BCUT2D eigenvalue weighted by molar-refractivity contribution is 5.95. The summed E-state index contributed by atoms with van der Waals surface area (Å²) >= 11 is 0. The van der Waals surface area contributed by atoms with Crippen molar-refractivity contribution in [2.75, 3.05) is 13.2 Å². The zero-order valence-electron chi connectivity index (χ0n) is 12.1. The zero-order valence-corrected chi connectivity index (χ0v) is 12.1. The topological polar surface area (TPSA) is 69.7 Å². The molecule has 0 aliphatic heterocycles. The number of aldehydes is 1. The van der Waals surface area contributed by atoms with Crippen LogP contribution in [0.5, 0.6) is 0 Å². The average Bonchev–Trinajstić information content (AvgIpc) is 2.30. The van der Waals surface area contributed by atoms with Gasteiger partial charge in [-0.15, -0.1) is 0 Å². The van der Waals surface area contributed by atoms with Gasteiger partial charge in [-0.2, -0.15) is 0 Å². The largest absolute Gasteiger partial charge is 0.465 e. The molecule has 5 nitrogen and oxygen atoms in total. The Morgan fingerprint density at radius 3 is 2.00 bits per heavy atom. The van der Waals surface area contributed by atoms with Gasteiger partial charge in [0.2, 0.25) is 0 Å². The highest BCUT2D eigenvalue weighted by Gasteiger charge is 2.57. The Balaban J connectivity index is 1.94. The highest BCUT2D eigenvalue weighted by Crippen LogP contribution is 2.62. The molecule has 0 unspecified atom stereocenters. The van der Waals surface area contributed by atoms with Gasteiger partial charge in [-0.1, -0.05) is 0 Å². The van der Waals surface area contributed by atoms with Crippen molar-refractivity contribution in [3.63, 3.8) is 0 Å². The van der Waals surface area contributed by atoms with E-state index in [4.69, 9.17) is 9.47 Å². The molecule has 0 saturated heterocycles. The van der Waals surface area contributed by atoms with E-state index in [0.717, 1.165) is 32.0 Å². The summed E-state index contributed by atoms with van der Waals surface area (Å²) in [5.41, 5.74) is 0.188. The third-order valence-corrected chi connectivity index (χ3v) is 4.53. The second-order valence-electron chi connectivity index (χ2n) is 5.95. The number of carbonyl (C=O) groups excluding carboxylic acids is 3. The lowest BCUT2D eigenvalue weighted by Gasteiger charge is -2.57. The van der Waals surface area contributed by atoms with Crippen LogP contribution in [0.1, 0.15) is 39.5 Å². The molecule has 2 fully saturated rings. The monoisotopic (exact) mass is 282 g/mol. The standard InChI is InChI=1S/C15H22O5/c1-3-19-13(17)12(14(18)20-4-2)11-7-15(8-11)5-10(6-15)9-16/h9-12H,3-8H2,1-2H3. The van der Waals surface area contributed by atoms with Crippen LogP contribution >= 0.6 is 0 Å². The number of esters is 2. The van der Waals surface area contributed by atoms with Crippen molar-refractivity contribution >= 4 is 18.2 Å². The minimum absolute atomic E-state index is 0.000650. The Kier molecular flexibility index (Phi) is 4.45. The van der Waals surface area contributed by atoms with E-state index in [1.54, 1.807) is 13.8 Å². The summed E-state index contributed by atoms with van der Waals surface area (Å²) in [6.45, 7) is 3.98. The number of carbonyl (C=O) groups is 3. The summed E-state index contributed by atoms with van der Waals surface area (Å²) in [6, 6.07) is 0. The molecule has 0 atom stereocenters. The quantitative estimate of drug-likeness (QED) is 0.421. The van der Waals surface area contributed by atoms with Gasteiger partial charge in [0.15, 0.2) is 5.92 Å². The number of ether oxygens (including phenoxy) is 2. The number of hydrogen-bond acceptors (Lipinski definition) is 5. The van der Waals surface area contributed by atoms with E-state index < -0.39 is 17.9 Å². The van der Waals surface area contributed by atoms with Crippen LogP contribution in [0.2, 0.25) is 0 Å². The van der Waals surface area contributed by atoms with Crippen LogP contribution in [0.4, 0.5) is 0 Å².